The minimum Gasteiger partial charge on any atom is -0.457 e. The molecule has 1 saturated heterocycles. The molecule has 0 unspecified atom stereocenters. The highest BCUT2D eigenvalue weighted by Crippen LogP contribution is 2.36. The third-order valence-electron chi connectivity index (χ3n) is 5.60. The van der Waals surface area contributed by atoms with Crippen molar-refractivity contribution in [2.75, 3.05) is 18.9 Å². The summed E-state index contributed by atoms with van der Waals surface area (Å²) in [7, 11) is 0. The Morgan fingerprint density at radius 3 is 2.72 bits per heavy atom. The molecule has 8 nitrogen and oxygen atoms in total. The SMILES string of the molecule is Nc1ncnn2c([C@H]3CC[C@H](CO)OC3)nc(-c3ccc(Oc4ccccc4)cc3F)c12. The number of nitrogen functional groups attached to an aromatic ring is 1. The first kappa shape index (κ1) is 20.3. The Balaban J connectivity index is 1.53. The van der Waals surface area contributed by atoms with Gasteiger partial charge in [0.15, 0.2) is 5.82 Å². The molecule has 0 saturated carbocycles. The number of aromatic nitrogens is 4. The molecule has 5 rings (SSSR count). The van der Waals surface area contributed by atoms with Crippen molar-refractivity contribution >= 4 is 11.3 Å². The van der Waals surface area contributed by atoms with Crippen LogP contribution in [0.2, 0.25) is 0 Å². The van der Waals surface area contributed by atoms with E-state index in [1.807, 2.05) is 18.2 Å². The van der Waals surface area contributed by atoms with Crippen LogP contribution in [-0.2, 0) is 4.74 Å². The van der Waals surface area contributed by atoms with Crippen molar-refractivity contribution in [3.8, 4) is 22.8 Å². The predicted molar refractivity (Wildman–Crippen MR) is 116 cm³/mol. The van der Waals surface area contributed by atoms with Gasteiger partial charge in [-0.3, -0.25) is 0 Å². The first-order chi connectivity index (χ1) is 15.6. The zero-order chi connectivity index (χ0) is 22.1. The van der Waals surface area contributed by atoms with Crippen molar-refractivity contribution in [3.05, 3.63) is 66.5 Å². The highest BCUT2D eigenvalue weighted by atomic mass is 19.1. The molecule has 4 aromatic rings. The first-order valence-electron chi connectivity index (χ1n) is 10.4. The van der Waals surface area contributed by atoms with E-state index >= 15 is 4.39 Å². The summed E-state index contributed by atoms with van der Waals surface area (Å²) in [5.74, 6) is 1.28. The van der Waals surface area contributed by atoms with E-state index < -0.39 is 5.82 Å². The van der Waals surface area contributed by atoms with E-state index in [1.165, 1.54) is 12.4 Å². The van der Waals surface area contributed by atoms with Gasteiger partial charge in [0.05, 0.1) is 19.3 Å². The fourth-order valence-corrected chi connectivity index (χ4v) is 3.96. The number of nitrogens with zero attached hydrogens (tertiary/aromatic N) is 4. The number of hydrogen-bond acceptors (Lipinski definition) is 7. The molecule has 1 aliphatic heterocycles. The third kappa shape index (κ3) is 3.76. The van der Waals surface area contributed by atoms with E-state index in [0.29, 0.717) is 41.6 Å². The van der Waals surface area contributed by atoms with Gasteiger partial charge in [0.25, 0.3) is 0 Å². The molecule has 2 aromatic heterocycles. The van der Waals surface area contributed by atoms with Crippen LogP contribution in [0.15, 0.2) is 54.9 Å². The Morgan fingerprint density at radius 2 is 2.00 bits per heavy atom. The minimum atomic E-state index is -0.492. The number of benzene rings is 2. The molecule has 9 heteroatoms. The number of fused-ring (bicyclic) bond motifs is 1. The first-order valence-corrected chi connectivity index (χ1v) is 10.4. The van der Waals surface area contributed by atoms with Crippen LogP contribution in [0.4, 0.5) is 10.2 Å². The van der Waals surface area contributed by atoms with E-state index in [9.17, 15) is 5.11 Å². The normalized spacial score (nSPS) is 18.7. The maximum Gasteiger partial charge on any atom is 0.153 e. The number of imidazole rings is 1. The lowest BCUT2D eigenvalue weighted by atomic mass is 9.98. The predicted octanol–water partition coefficient (Wildman–Crippen LogP) is 3.56. The molecule has 0 spiro atoms. The Kier molecular flexibility index (Phi) is 5.42. The van der Waals surface area contributed by atoms with Gasteiger partial charge in [0.2, 0.25) is 0 Å². The van der Waals surface area contributed by atoms with Crippen molar-refractivity contribution in [2.45, 2.75) is 24.9 Å². The topological polar surface area (TPSA) is 108 Å². The fraction of sp³-hybridized carbons (Fsp3) is 0.261. The lowest BCUT2D eigenvalue weighted by molar-refractivity contribution is -0.0284. The largest absolute Gasteiger partial charge is 0.457 e. The number of aliphatic hydroxyl groups is 1. The summed E-state index contributed by atoms with van der Waals surface area (Å²) >= 11 is 0. The Bertz CT molecular complexity index is 1240. The summed E-state index contributed by atoms with van der Waals surface area (Å²) in [6.45, 7) is 0.373. The van der Waals surface area contributed by atoms with Crippen LogP contribution in [0.25, 0.3) is 16.8 Å². The van der Waals surface area contributed by atoms with Gasteiger partial charge in [-0.05, 0) is 37.1 Å². The molecule has 32 heavy (non-hydrogen) atoms. The van der Waals surface area contributed by atoms with Crippen LogP contribution < -0.4 is 10.5 Å². The molecule has 2 aromatic carbocycles. The second kappa shape index (κ2) is 8.52. The molecule has 0 aliphatic carbocycles. The van der Waals surface area contributed by atoms with Gasteiger partial charge in [-0.1, -0.05) is 18.2 Å². The summed E-state index contributed by atoms with van der Waals surface area (Å²) in [5.41, 5.74) is 7.23. The van der Waals surface area contributed by atoms with E-state index in [2.05, 4.69) is 10.1 Å². The van der Waals surface area contributed by atoms with E-state index in [-0.39, 0.29) is 30.0 Å². The summed E-state index contributed by atoms with van der Waals surface area (Å²) in [6.07, 6.45) is 2.64. The number of aliphatic hydroxyl groups excluding tert-OH is 1. The van der Waals surface area contributed by atoms with Crippen LogP contribution in [0.3, 0.4) is 0 Å². The third-order valence-corrected chi connectivity index (χ3v) is 5.60. The number of rotatable bonds is 5. The second-order valence-electron chi connectivity index (χ2n) is 7.69. The highest BCUT2D eigenvalue weighted by Gasteiger charge is 2.29. The lowest BCUT2D eigenvalue weighted by Crippen LogP contribution is -2.28. The average Bonchev–Trinajstić information content (AvgIpc) is 3.21. The molecule has 1 fully saturated rings. The van der Waals surface area contributed by atoms with E-state index in [0.717, 1.165) is 6.42 Å². The second-order valence-corrected chi connectivity index (χ2v) is 7.69. The molecular weight excluding hydrogens is 413 g/mol. The van der Waals surface area contributed by atoms with E-state index in [1.54, 1.807) is 28.8 Å². The van der Waals surface area contributed by atoms with Crippen LogP contribution in [0.5, 0.6) is 11.5 Å². The number of hydrogen-bond donors (Lipinski definition) is 2. The summed E-state index contributed by atoms with van der Waals surface area (Å²) in [6, 6.07) is 13.8. The zero-order valence-corrected chi connectivity index (χ0v) is 17.2. The maximum atomic E-state index is 15.2. The highest BCUT2D eigenvalue weighted by molar-refractivity contribution is 5.85. The Labute approximate surface area is 183 Å². The van der Waals surface area contributed by atoms with Crippen molar-refractivity contribution in [1.82, 2.24) is 19.6 Å². The van der Waals surface area contributed by atoms with Gasteiger partial charge in [-0.2, -0.15) is 5.10 Å². The molecule has 0 radical (unpaired) electrons. The molecular formula is C23H22FN5O3. The van der Waals surface area contributed by atoms with Gasteiger partial charge in [-0.25, -0.2) is 18.9 Å². The molecule has 0 amide bonds. The molecule has 0 bridgehead atoms. The Morgan fingerprint density at radius 1 is 1.16 bits per heavy atom. The van der Waals surface area contributed by atoms with Crippen molar-refractivity contribution in [3.63, 3.8) is 0 Å². The summed E-state index contributed by atoms with van der Waals surface area (Å²) in [5, 5.41) is 13.6. The number of anilines is 1. The number of para-hydroxylation sites is 1. The minimum absolute atomic E-state index is 0.0158. The maximum absolute atomic E-state index is 15.2. The Hall–Kier alpha value is -3.56. The van der Waals surface area contributed by atoms with Gasteiger partial charge in [0, 0.05) is 17.5 Å². The zero-order valence-electron chi connectivity index (χ0n) is 17.2. The molecule has 3 N–H and O–H groups in total. The number of nitrogens with two attached hydrogens (primary N) is 1. The monoisotopic (exact) mass is 435 g/mol. The number of halogens is 1. The van der Waals surface area contributed by atoms with Crippen LogP contribution in [0.1, 0.15) is 24.6 Å². The standard InChI is InChI=1S/C23H22FN5O3/c24-19-10-16(32-15-4-2-1-3-5-15)8-9-18(19)20-21-22(25)26-13-27-29(21)23(28-20)14-6-7-17(11-30)31-12-14/h1-5,8-10,13-14,17,30H,6-7,11-12H2,(H2,25,26,27)/t14-,17+/m0/s1. The van der Waals surface area contributed by atoms with Crippen LogP contribution >= 0.6 is 0 Å². The summed E-state index contributed by atoms with van der Waals surface area (Å²) < 4.78 is 28.2. The fourth-order valence-electron chi connectivity index (χ4n) is 3.96. The molecule has 3 heterocycles. The van der Waals surface area contributed by atoms with Crippen LogP contribution in [-0.4, -0.2) is 44.0 Å². The van der Waals surface area contributed by atoms with Crippen molar-refractivity contribution in [1.29, 1.82) is 0 Å². The summed E-state index contributed by atoms with van der Waals surface area (Å²) in [4.78, 5) is 8.80. The molecule has 1 aliphatic rings. The lowest BCUT2D eigenvalue weighted by Gasteiger charge is -2.26. The quantitative estimate of drug-likeness (QED) is 0.493. The average molecular weight is 435 g/mol. The van der Waals surface area contributed by atoms with Crippen molar-refractivity contribution < 1.29 is 19.0 Å². The van der Waals surface area contributed by atoms with Gasteiger partial charge in [-0.15, -0.1) is 0 Å². The molecule has 164 valence electrons. The van der Waals surface area contributed by atoms with Gasteiger partial charge in [0.1, 0.15) is 40.7 Å². The number of ether oxygens (including phenoxy) is 2. The van der Waals surface area contributed by atoms with Crippen molar-refractivity contribution in [2.24, 2.45) is 0 Å². The van der Waals surface area contributed by atoms with Gasteiger partial charge >= 0.3 is 0 Å². The van der Waals surface area contributed by atoms with Crippen LogP contribution in [0, 0.1) is 5.82 Å². The molecule has 2 atom stereocenters. The smallest absolute Gasteiger partial charge is 0.153 e. The van der Waals surface area contributed by atoms with Gasteiger partial charge < -0.3 is 20.3 Å². The van der Waals surface area contributed by atoms with E-state index in [4.69, 9.17) is 20.2 Å².